The van der Waals surface area contributed by atoms with Gasteiger partial charge in [0, 0.05) is 25.3 Å². The van der Waals surface area contributed by atoms with Crippen molar-refractivity contribution in [3.63, 3.8) is 0 Å². The zero-order valence-electron chi connectivity index (χ0n) is 20.9. The maximum absolute atomic E-state index is 5.96. The van der Waals surface area contributed by atoms with Crippen molar-refractivity contribution in [1.82, 2.24) is 20.4 Å². The van der Waals surface area contributed by atoms with Crippen molar-refractivity contribution in [3.05, 3.63) is 71.0 Å². The Kier molecular flexibility index (Phi) is 10.7. The van der Waals surface area contributed by atoms with E-state index in [1.807, 2.05) is 60.3 Å². The van der Waals surface area contributed by atoms with Crippen LogP contribution in [0.1, 0.15) is 36.4 Å². The third-order valence-electron chi connectivity index (χ3n) is 5.54. The minimum atomic E-state index is 0. The Labute approximate surface area is 220 Å². The Balaban J connectivity index is 0.00000408. The van der Waals surface area contributed by atoms with E-state index in [2.05, 4.69) is 43.4 Å². The Morgan fingerprint density at radius 3 is 2.35 bits per heavy atom. The first kappa shape index (κ1) is 27.5. The number of guanidine groups is 1. The second-order valence-corrected chi connectivity index (χ2v) is 8.11. The standard InChI is InChI=1S/C26H35N5O2.HI/c1-7-27-26(29-18(2)16-23-19(3)30-31(5)20(23)4)28-17-21-12-14-22(15-13-21)33-25-11-9-8-10-24(25)32-6;/h8-15,18H,7,16-17H2,1-6H3,(H2,27,28,29);1H. The summed E-state index contributed by atoms with van der Waals surface area (Å²) in [5.74, 6) is 2.96. The average molecular weight is 578 g/mol. The minimum absolute atomic E-state index is 0. The smallest absolute Gasteiger partial charge is 0.191 e. The summed E-state index contributed by atoms with van der Waals surface area (Å²) in [6.07, 6.45) is 0.894. The van der Waals surface area contributed by atoms with Crippen LogP contribution in [-0.2, 0) is 20.0 Å². The molecule has 0 saturated heterocycles. The highest BCUT2D eigenvalue weighted by Crippen LogP contribution is 2.30. The monoisotopic (exact) mass is 577 g/mol. The van der Waals surface area contributed by atoms with Crippen molar-refractivity contribution in [2.24, 2.45) is 12.0 Å². The summed E-state index contributed by atoms with van der Waals surface area (Å²) in [6, 6.07) is 15.8. The summed E-state index contributed by atoms with van der Waals surface area (Å²) < 4.78 is 13.3. The fourth-order valence-electron chi connectivity index (χ4n) is 3.69. The van der Waals surface area contributed by atoms with E-state index in [-0.39, 0.29) is 30.0 Å². The molecule has 2 aromatic carbocycles. The third-order valence-corrected chi connectivity index (χ3v) is 5.54. The van der Waals surface area contributed by atoms with Gasteiger partial charge in [0.1, 0.15) is 5.75 Å². The molecule has 0 amide bonds. The van der Waals surface area contributed by atoms with Crippen LogP contribution in [0.2, 0.25) is 0 Å². The summed E-state index contributed by atoms with van der Waals surface area (Å²) in [7, 11) is 3.63. The van der Waals surface area contributed by atoms with Crippen LogP contribution in [0.4, 0.5) is 0 Å². The van der Waals surface area contributed by atoms with Gasteiger partial charge in [0.2, 0.25) is 0 Å². The van der Waals surface area contributed by atoms with E-state index in [0.29, 0.717) is 18.0 Å². The number of halogens is 1. The second kappa shape index (κ2) is 13.2. The number of rotatable bonds is 9. The Hall–Kier alpha value is -2.75. The van der Waals surface area contributed by atoms with E-state index in [1.165, 1.54) is 11.3 Å². The number of aryl methyl sites for hydroxylation is 2. The quantitative estimate of drug-likeness (QED) is 0.209. The predicted molar refractivity (Wildman–Crippen MR) is 149 cm³/mol. The van der Waals surface area contributed by atoms with Gasteiger partial charge in [-0.25, -0.2) is 4.99 Å². The molecule has 1 atom stereocenters. The van der Waals surface area contributed by atoms with Gasteiger partial charge in [0.15, 0.2) is 17.5 Å². The Morgan fingerprint density at radius 2 is 1.76 bits per heavy atom. The molecule has 34 heavy (non-hydrogen) atoms. The number of aromatic nitrogens is 2. The molecule has 0 fully saturated rings. The number of hydrogen-bond acceptors (Lipinski definition) is 4. The van der Waals surface area contributed by atoms with Gasteiger partial charge in [-0.3, -0.25) is 4.68 Å². The first-order valence-electron chi connectivity index (χ1n) is 11.3. The highest BCUT2D eigenvalue weighted by atomic mass is 127. The van der Waals surface area contributed by atoms with Crippen molar-refractivity contribution in [3.8, 4) is 17.2 Å². The molecule has 1 heterocycles. The lowest BCUT2D eigenvalue weighted by atomic mass is 10.1. The number of benzene rings is 2. The summed E-state index contributed by atoms with van der Waals surface area (Å²) in [4.78, 5) is 4.77. The normalized spacial score (nSPS) is 12.0. The number of ether oxygens (including phenoxy) is 2. The van der Waals surface area contributed by atoms with Gasteiger partial charge in [-0.15, -0.1) is 24.0 Å². The molecule has 0 aliphatic carbocycles. The number of aliphatic imine (C=N–C) groups is 1. The minimum Gasteiger partial charge on any atom is -0.493 e. The fourth-order valence-corrected chi connectivity index (χ4v) is 3.69. The van der Waals surface area contributed by atoms with Crippen molar-refractivity contribution in [2.45, 2.75) is 46.7 Å². The van der Waals surface area contributed by atoms with Crippen LogP contribution in [0.25, 0.3) is 0 Å². The van der Waals surface area contributed by atoms with Crippen molar-refractivity contribution >= 4 is 29.9 Å². The molecule has 0 bridgehead atoms. The number of nitrogens with zero attached hydrogens (tertiary/aromatic N) is 3. The summed E-state index contributed by atoms with van der Waals surface area (Å²) >= 11 is 0. The van der Waals surface area contributed by atoms with E-state index in [4.69, 9.17) is 14.5 Å². The molecule has 0 aliphatic heterocycles. The lowest BCUT2D eigenvalue weighted by Gasteiger charge is -2.18. The summed E-state index contributed by atoms with van der Waals surface area (Å²) in [5, 5.41) is 11.4. The van der Waals surface area contributed by atoms with Gasteiger partial charge in [-0.2, -0.15) is 5.10 Å². The molecule has 1 unspecified atom stereocenters. The van der Waals surface area contributed by atoms with Gasteiger partial charge in [0.05, 0.1) is 19.3 Å². The van der Waals surface area contributed by atoms with Gasteiger partial charge in [-0.1, -0.05) is 24.3 Å². The molecule has 3 rings (SSSR count). The van der Waals surface area contributed by atoms with Crippen LogP contribution >= 0.6 is 24.0 Å². The molecule has 1 aromatic heterocycles. The SMILES string of the molecule is CCNC(=NCc1ccc(Oc2ccccc2OC)cc1)NC(C)Cc1c(C)nn(C)c1C.I. The van der Waals surface area contributed by atoms with Crippen LogP contribution in [0.15, 0.2) is 53.5 Å². The van der Waals surface area contributed by atoms with Crippen molar-refractivity contribution in [1.29, 1.82) is 0 Å². The fraction of sp³-hybridized carbons (Fsp3) is 0.385. The van der Waals surface area contributed by atoms with Gasteiger partial charge in [0.25, 0.3) is 0 Å². The second-order valence-electron chi connectivity index (χ2n) is 8.11. The molecule has 0 saturated carbocycles. The van der Waals surface area contributed by atoms with Gasteiger partial charge >= 0.3 is 0 Å². The Bertz CT molecular complexity index is 1080. The maximum atomic E-state index is 5.96. The molecule has 184 valence electrons. The van der Waals surface area contributed by atoms with Gasteiger partial charge in [-0.05, 0) is 69.5 Å². The lowest BCUT2D eigenvalue weighted by Crippen LogP contribution is -2.43. The lowest BCUT2D eigenvalue weighted by molar-refractivity contribution is 0.379. The molecule has 0 radical (unpaired) electrons. The number of hydrogen-bond donors (Lipinski definition) is 2. The van der Waals surface area contributed by atoms with E-state index in [0.717, 1.165) is 35.9 Å². The highest BCUT2D eigenvalue weighted by Gasteiger charge is 2.14. The maximum Gasteiger partial charge on any atom is 0.191 e. The van der Waals surface area contributed by atoms with E-state index < -0.39 is 0 Å². The first-order chi connectivity index (χ1) is 15.9. The average Bonchev–Trinajstić information content (AvgIpc) is 3.04. The zero-order valence-corrected chi connectivity index (χ0v) is 23.2. The first-order valence-corrected chi connectivity index (χ1v) is 11.3. The largest absolute Gasteiger partial charge is 0.493 e. The predicted octanol–water partition coefficient (Wildman–Crippen LogP) is 5.14. The Morgan fingerprint density at radius 1 is 1.09 bits per heavy atom. The molecule has 3 aromatic rings. The molecule has 2 N–H and O–H groups in total. The van der Waals surface area contributed by atoms with Crippen molar-refractivity contribution in [2.75, 3.05) is 13.7 Å². The molecule has 8 heteroatoms. The van der Waals surface area contributed by atoms with Crippen LogP contribution in [0.3, 0.4) is 0 Å². The highest BCUT2D eigenvalue weighted by molar-refractivity contribution is 14.0. The number of nitrogens with one attached hydrogen (secondary N) is 2. The number of para-hydroxylation sites is 2. The number of methoxy groups -OCH3 is 1. The van der Waals surface area contributed by atoms with E-state index >= 15 is 0 Å². The summed E-state index contributed by atoms with van der Waals surface area (Å²) in [5.41, 5.74) is 4.68. The summed E-state index contributed by atoms with van der Waals surface area (Å²) in [6.45, 7) is 9.79. The molecule has 7 nitrogen and oxygen atoms in total. The molecule has 0 spiro atoms. The van der Waals surface area contributed by atoms with Crippen LogP contribution in [0, 0.1) is 13.8 Å². The molecular formula is C26H36IN5O2. The van der Waals surface area contributed by atoms with Crippen molar-refractivity contribution < 1.29 is 9.47 Å². The molecular weight excluding hydrogens is 541 g/mol. The van der Waals surface area contributed by atoms with Crippen LogP contribution < -0.4 is 20.1 Å². The van der Waals surface area contributed by atoms with Crippen LogP contribution in [-0.4, -0.2) is 35.4 Å². The van der Waals surface area contributed by atoms with Crippen LogP contribution in [0.5, 0.6) is 17.2 Å². The zero-order chi connectivity index (χ0) is 23.8. The van der Waals surface area contributed by atoms with Gasteiger partial charge < -0.3 is 20.1 Å². The topological polar surface area (TPSA) is 72.7 Å². The van der Waals surface area contributed by atoms with E-state index in [1.54, 1.807) is 7.11 Å². The van der Waals surface area contributed by atoms with E-state index in [9.17, 15) is 0 Å². The third kappa shape index (κ3) is 7.38. The molecule has 0 aliphatic rings.